The number of nitrogens with zero attached hydrogens (tertiary/aromatic N) is 3. The molecule has 7 heteroatoms. The number of pyridine rings is 1. The number of ether oxygens (including phenoxy) is 1. The van der Waals surface area contributed by atoms with Crippen molar-refractivity contribution in [1.29, 1.82) is 0 Å². The maximum atomic E-state index is 11.3. The summed E-state index contributed by atoms with van der Waals surface area (Å²) in [5, 5.41) is 14.2. The van der Waals surface area contributed by atoms with Crippen molar-refractivity contribution in [2.75, 3.05) is 12.4 Å². The molecule has 2 heterocycles. The molecule has 7 nitrogen and oxygen atoms in total. The van der Waals surface area contributed by atoms with E-state index >= 15 is 0 Å². The minimum atomic E-state index is -0.453. The van der Waals surface area contributed by atoms with E-state index < -0.39 is 4.92 Å². The van der Waals surface area contributed by atoms with Gasteiger partial charge in [-0.1, -0.05) is 6.07 Å². The van der Waals surface area contributed by atoms with E-state index in [4.69, 9.17) is 4.74 Å². The zero-order valence-electron chi connectivity index (χ0n) is 11.2. The summed E-state index contributed by atoms with van der Waals surface area (Å²) in [6, 6.07) is 12.3. The van der Waals surface area contributed by atoms with Gasteiger partial charge < -0.3 is 20.2 Å². The molecule has 0 aliphatic carbocycles. The van der Waals surface area contributed by atoms with E-state index in [0.29, 0.717) is 17.1 Å². The zero-order valence-corrected chi connectivity index (χ0v) is 11.2. The second-order valence-corrected chi connectivity index (χ2v) is 4.32. The maximum absolute atomic E-state index is 11.3. The largest absolute Gasteiger partial charge is 0.497 e. The fourth-order valence-electron chi connectivity index (χ4n) is 2.05. The minimum Gasteiger partial charge on any atom is -0.497 e. The van der Waals surface area contributed by atoms with E-state index in [1.54, 1.807) is 55.8 Å². The molecule has 0 saturated heterocycles. The van der Waals surface area contributed by atoms with Crippen LogP contribution in [-0.2, 0) is 0 Å². The summed E-state index contributed by atoms with van der Waals surface area (Å²) in [6.07, 6.45) is 1.61. The second kappa shape index (κ2) is 5.12. The topological polar surface area (TPSA) is 81.7 Å². The first-order chi connectivity index (χ1) is 10.2. The Morgan fingerprint density at radius 3 is 2.67 bits per heavy atom. The van der Waals surface area contributed by atoms with Crippen LogP contribution < -0.4 is 10.1 Å². The Hall–Kier alpha value is -3.09. The molecule has 1 N–H and O–H groups in total. The van der Waals surface area contributed by atoms with Gasteiger partial charge in [0.25, 0.3) is 0 Å². The second-order valence-electron chi connectivity index (χ2n) is 4.32. The maximum Gasteiger partial charge on any atom is 0.372 e. The van der Waals surface area contributed by atoms with Crippen LogP contribution in [0.15, 0.2) is 48.7 Å². The highest BCUT2D eigenvalue weighted by atomic mass is 16.6. The molecule has 3 aromatic rings. The third-order valence-electron chi connectivity index (χ3n) is 3.03. The fraction of sp³-hybridized carbons (Fsp3) is 0.0714. The quantitative estimate of drug-likeness (QED) is 0.588. The van der Waals surface area contributed by atoms with Crippen LogP contribution >= 0.6 is 0 Å². The average Bonchev–Trinajstić information content (AvgIpc) is 2.86. The molecule has 21 heavy (non-hydrogen) atoms. The highest BCUT2D eigenvalue weighted by Crippen LogP contribution is 2.28. The fourth-order valence-corrected chi connectivity index (χ4v) is 2.05. The summed E-state index contributed by atoms with van der Waals surface area (Å²) in [5.74, 6) is 0.822. The van der Waals surface area contributed by atoms with Gasteiger partial charge in [0.1, 0.15) is 5.75 Å². The average molecular weight is 284 g/mol. The van der Waals surface area contributed by atoms with E-state index in [1.165, 1.54) is 4.40 Å². The normalized spacial score (nSPS) is 10.5. The summed E-state index contributed by atoms with van der Waals surface area (Å²) in [7, 11) is 1.58. The van der Waals surface area contributed by atoms with E-state index in [1.807, 2.05) is 0 Å². The van der Waals surface area contributed by atoms with Gasteiger partial charge in [-0.05, 0) is 35.3 Å². The molecule has 106 valence electrons. The van der Waals surface area contributed by atoms with Crippen LogP contribution in [0.1, 0.15) is 0 Å². The van der Waals surface area contributed by atoms with Crippen LogP contribution in [0.4, 0.5) is 17.3 Å². The summed E-state index contributed by atoms with van der Waals surface area (Å²) in [6.45, 7) is 0. The lowest BCUT2D eigenvalue weighted by Gasteiger charge is -2.04. The van der Waals surface area contributed by atoms with E-state index in [2.05, 4.69) is 10.3 Å². The SMILES string of the molecule is COc1ccc(Nc2nc3ccccn3c2[N+](=O)[O-])cc1. The number of hydrogen-bond acceptors (Lipinski definition) is 5. The standard InChI is InChI=1S/C14H12N4O3/c1-21-11-7-5-10(6-8-11)15-13-14(18(19)20)17-9-3-2-4-12(17)16-13/h2-9,15H,1H3. The van der Waals surface area contributed by atoms with Crippen LogP contribution in [-0.4, -0.2) is 21.4 Å². The number of methoxy groups -OCH3 is 1. The number of nitrogens with one attached hydrogen (secondary N) is 1. The van der Waals surface area contributed by atoms with Crippen molar-refractivity contribution in [3.05, 3.63) is 58.8 Å². The third-order valence-corrected chi connectivity index (χ3v) is 3.03. The number of anilines is 2. The van der Waals surface area contributed by atoms with Gasteiger partial charge in [-0.3, -0.25) is 0 Å². The van der Waals surface area contributed by atoms with Gasteiger partial charge in [0.15, 0.2) is 0 Å². The Balaban J connectivity index is 2.02. The van der Waals surface area contributed by atoms with E-state index in [-0.39, 0.29) is 11.6 Å². The highest BCUT2D eigenvalue weighted by molar-refractivity contribution is 5.68. The molecule has 0 unspecified atom stereocenters. The molecule has 3 rings (SSSR count). The van der Waals surface area contributed by atoms with Crippen molar-refractivity contribution in [3.8, 4) is 5.75 Å². The first-order valence-corrected chi connectivity index (χ1v) is 6.21. The highest BCUT2D eigenvalue weighted by Gasteiger charge is 2.22. The van der Waals surface area contributed by atoms with Crippen LogP contribution in [0.25, 0.3) is 5.65 Å². The number of hydrogen-bond donors (Lipinski definition) is 1. The Bertz CT molecular complexity index is 796. The number of imidazole rings is 1. The molecule has 0 bridgehead atoms. The van der Waals surface area contributed by atoms with E-state index in [9.17, 15) is 10.1 Å². The van der Waals surface area contributed by atoms with Crippen molar-refractivity contribution in [3.63, 3.8) is 0 Å². The molecular weight excluding hydrogens is 272 g/mol. The Kier molecular flexibility index (Phi) is 3.15. The lowest BCUT2D eigenvalue weighted by molar-refractivity contribution is -0.389. The van der Waals surface area contributed by atoms with E-state index in [0.717, 1.165) is 0 Å². The molecule has 1 aromatic carbocycles. The summed E-state index contributed by atoms with van der Waals surface area (Å²) in [5.41, 5.74) is 1.21. The van der Waals surface area contributed by atoms with Gasteiger partial charge in [0.05, 0.1) is 13.3 Å². The smallest absolute Gasteiger partial charge is 0.372 e. The third kappa shape index (κ3) is 2.36. The first-order valence-electron chi connectivity index (χ1n) is 6.21. The number of benzene rings is 1. The summed E-state index contributed by atoms with van der Waals surface area (Å²) in [4.78, 5) is 15.1. The lowest BCUT2D eigenvalue weighted by atomic mass is 10.3. The molecule has 2 aromatic heterocycles. The molecule has 0 fully saturated rings. The molecule has 0 aliphatic heterocycles. The number of rotatable bonds is 4. The Morgan fingerprint density at radius 2 is 2.00 bits per heavy atom. The van der Waals surface area contributed by atoms with Crippen molar-refractivity contribution in [1.82, 2.24) is 9.38 Å². The van der Waals surface area contributed by atoms with Crippen LogP contribution in [0.5, 0.6) is 5.75 Å². The monoisotopic (exact) mass is 284 g/mol. The van der Waals surface area contributed by atoms with Crippen molar-refractivity contribution in [2.24, 2.45) is 0 Å². The van der Waals surface area contributed by atoms with Crippen molar-refractivity contribution >= 4 is 23.0 Å². The molecule has 0 radical (unpaired) electrons. The number of fused-ring (bicyclic) bond motifs is 1. The van der Waals surface area contributed by atoms with Crippen LogP contribution in [0, 0.1) is 10.1 Å². The van der Waals surface area contributed by atoms with Crippen LogP contribution in [0.2, 0.25) is 0 Å². The molecule has 0 saturated carbocycles. The molecule has 0 aliphatic rings. The Morgan fingerprint density at radius 1 is 1.24 bits per heavy atom. The Labute approximate surface area is 120 Å². The number of aromatic nitrogens is 2. The summed E-state index contributed by atoms with van der Waals surface area (Å²) < 4.78 is 6.51. The minimum absolute atomic E-state index is 0.0959. The van der Waals surface area contributed by atoms with Crippen molar-refractivity contribution < 1.29 is 9.66 Å². The van der Waals surface area contributed by atoms with Gasteiger partial charge in [-0.2, -0.15) is 9.38 Å². The van der Waals surface area contributed by atoms with Gasteiger partial charge in [-0.15, -0.1) is 0 Å². The lowest BCUT2D eigenvalue weighted by Crippen LogP contribution is -1.98. The van der Waals surface area contributed by atoms with Gasteiger partial charge in [-0.25, -0.2) is 0 Å². The molecule has 0 atom stereocenters. The predicted molar refractivity (Wildman–Crippen MR) is 78.1 cm³/mol. The van der Waals surface area contributed by atoms with Gasteiger partial charge in [0.2, 0.25) is 11.5 Å². The summed E-state index contributed by atoms with van der Waals surface area (Å²) >= 11 is 0. The van der Waals surface area contributed by atoms with Gasteiger partial charge in [0, 0.05) is 11.8 Å². The van der Waals surface area contributed by atoms with Crippen LogP contribution in [0.3, 0.4) is 0 Å². The molecular formula is C14H12N4O3. The zero-order chi connectivity index (χ0) is 14.8. The number of nitro groups is 1. The van der Waals surface area contributed by atoms with Gasteiger partial charge >= 0.3 is 5.82 Å². The first kappa shape index (κ1) is 12.9. The predicted octanol–water partition coefficient (Wildman–Crippen LogP) is 2.99. The van der Waals surface area contributed by atoms with Crippen molar-refractivity contribution in [2.45, 2.75) is 0 Å². The molecule has 0 spiro atoms. The molecule has 0 amide bonds.